The highest BCUT2D eigenvalue weighted by molar-refractivity contribution is 6.74. The van der Waals surface area contributed by atoms with Crippen molar-refractivity contribution in [1.29, 1.82) is 0 Å². The van der Waals surface area contributed by atoms with E-state index < -0.39 is 41.2 Å². The molecule has 0 radical (unpaired) electrons. The lowest BCUT2D eigenvalue weighted by Gasteiger charge is -2.44. The third kappa shape index (κ3) is 6.35. The van der Waals surface area contributed by atoms with Gasteiger partial charge in [-0.25, -0.2) is 9.97 Å². The maximum absolute atomic E-state index is 12.9. The van der Waals surface area contributed by atoms with Crippen molar-refractivity contribution in [2.24, 2.45) is 0 Å². The molecule has 1 aliphatic rings. The number of aliphatic hydroxyl groups is 1. The molecule has 1 fully saturated rings. The Kier molecular flexibility index (Phi) is 8.72. The Bertz CT molecular complexity index is 1360. The first-order chi connectivity index (χ1) is 19.0. The standard InChI is InChI=1S/C30H46N4O5Si2/c1-29(2,3)40(7,8)38-23-22(18-35)37-28(24(23)39-41(9,10)30(4,5)6)34-17-16-21-25(31-19-32-26(21)34)33-27(36)20-14-12-11-13-15-20/h11-17,19,22-24,28,35H,18H2,1-10H3,(H,31,32,33,36)/t22-,23-,24-,28-/m1/s1. The monoisotopic (exact) mass is 598 g/mol. The Balaban J connectivity index is 1.76. The van der Waals surface area contributed by atoms with Gasteiger partial charge < -0.3 is 28.6 Å². The zero-order chi connectivity index (χ0) is 30.4. The fraction of sp³-hybridized carbons (Fsp3) is 0.567. The molecule has 3 heterocycles. The zero-order valence-electron chi connectivity index (χ0n) is 26.1. The Morgan fingerprint density at radius 3 is 2.10 bits per heavy atom. The second-order valence-electron chi connectivity index (χ2n) is 13.9. The van der Waals surface area contributed by atoms with Gasteiger partial charge in [-0.05, 0) is 54.5 Å². The van der Waals surface area contributed by atoms with E-state index in [4.69, 9.17) is 13.6 Å². The molecule has 1 aromatic carbocycles. The highest BCUT2D eigenvalue weighted by atomic mass is 28.4. The Morgan fingerprint density at radius 2 is 1.54 bits per heavy atom. The number of aliphatic hydroxyl groups excluding tert-OH is 1. The maximum atomic E-state index is 12.9. The number of benzene rings is 1. The summed E-state index contributed by atoms with van der Waals surface area (Å²) in [6.45, 7) is 21.9. The van der Waals surface area contributed by atoms with Crippen LogP contribution in [0, 0.1) is 0 Å². The molecule has 2 aromatic heterocycles. The van der Waals surface area contributed by atoms with Crippen molar-refractivity contribution >= 4 is 39.4 Å². The molecule has 0 bridgehead atoms. The van der Waals surface area contributed by atoms with E-state index in [1.54, 1.807) is 12.1 Å². The van der Waals surface area contributed by atoms with Crippen LogP contribution in [0.5, 0.6) is 0 Å². The van der Waals surface area contributed by atoms with Crippen LogP contribution in [0.25, 0.3) is 11.0 Å². The summed E-state index contributed by atoms with van der Waals surface area (Å²) in [7, 11) is -4.55. The number of nitrogens with zero attached hydrogens (tertiary/aromatic N) is 3. The molecule has 9 nitrogen and oxygen atoms in total. The largest absolute Gasteiger partial charge is 0.408 e. The number of aromatic nitrogens is 3. The van der Waals surface area contributed by atoms with Crippen LogP contribution >= 0.6 is 0 Å². The summed E-state index contributed by atoms with van der Waals surface area (Å²) < 4.78 is 22.5. The second kappa shape index (κ2) is 11.3. The molecule has 1 amide bonds. The van der Waals surface area contributed by atoms with Gasteiger partial charge in [0.15, 0.2) is 22.9 Å². The molecule has 0 saturated carbocycles. The van der Waals surface area contributed by atoms with E-state index in [1.807, 2.05) is 35.0 Å². The maximum Gasteiger partial charge on any atom is 0.256 e. The molecule has 224 valence electrons. The summed E-state index contributed by atoms with van der Waals surface area (Å²) in [5.74, 6) is 0.160. The Hall–Kier alpha value is -2.42. The fourth-order valence-corrected chi connectivity index (χ4v) is 7.03. The van der Waals surface area contributed by atoms with Gasteiger partial charge in [-0.15, -0.1) is 0 Å². The minimum atomic E-state index is -2.30. The number of carbonyl (C=O) groups excluding carboxylic acids is 1. The molecule has 11 heteroatoms. The minimum absolute atomic E-state index is 0.0359. The van der Waals surface area contributed by atoms with Crippen molar-refractivity contribution < 1.29 is 23.5 Å². The normalized spacial score (nSPS) is 22.3. The average Bonchev–Trinajstić information content (AvgIpc) is 3.44. The third-order valence-corrected chi connectivity index (χ3v) is 17.9. The molecule has 2 N–H and O–H groups in total. The molecule has 4 atom stereocenters. The topological polar surface area (TPSA) is 108 Å². The predicted octanol–water partition coefficient (Wildman–Crippen LogP) is 6.35. The minimum Gasteiger partial charge on any atom is -0.408 e. The van der Waals surface area contributed by atoms with E-state index >= 15 is 0 Å². The van der Waals surface area contributed by atoms with Crippen molar-refractivity contribution in [1.82, 2.24) is 14.5 Å². The van der Waals surface area contributed by atoms with Gasteiger partial charge in [0.1, 0.15) is 36.1 Å². The summed E-state index contributed by atoms with van der Waals surface area (Å²) in [5.41, 5.74) is 1.14. The highest BCUT2D eigenvalue weighted by Gasteiger charge is 2.54. The van der Waals surface area contributed by atoms with Crippen LogP contribution in [-0.4, -0.2) is 67.1 Å². The van der Waals surface area contributed by atoms with Crippen molar-refractivity contribution in [3.63, 3.8) is 0 Å². The van der Waals surface area contributed by atoms with Crippen molar-refractivity contribution in [3.05, 3.63) is 54.5 Å². The van der Waals surface area contributed by atoms with Crippen molar-refractivity contribution in [2.45, 2.75) is 102 Å². The van der Waals surface area contributed by atoms with E-state index in [0.29, 0.717) is 22.4 Å². The van der Waals surface area contributed by atoms with Crippen LogP contribution in [0.4, 0.5) is 5.82 Å². The van der Waals surface area contributed by atoms with Gasteiger partial charge in [-0.1, -0.05) is 59.7 Å². The summed E-state index contributed by atoms with van der Waals surface area (Å²) >= 11 is 0. The summed E-state index contributed by atoms with van der Waals surface area (Å²) in [4.78, 5) is 21.8. The molecule has 0 unspecified atom stereocenters. The number of nitrogens with one attached hydrogen (secondary N) is 1. The van der Waals surface area contributed by atoms with Crippen molar-refractivity contribution in [2.75, 3.05) is 11.9 Å². The molecule has 0 spiro atoms. The quantitative estimate of drug-likeness (QED) is 0.291. The molecule has 3 aromatic rings. The molecule has 0 aliphatic carbocycles. The van der Waals surface area contributed by atoms with Gasteiger partial charge in [0.05, 0.1) is 12.0 Å². The zero-order valence-corrected chi connectivity index (χ0v) is 28.1. The molecular weight excluding hydrogens is 553 g/mol. The Labute approximate surface area is 245 Å². The fourth-order valence-electron chi connectivity index (χ4n) is 4.43. The number of rotatable bonds is 8. The number of anilines is 1. The first-order valence-corrected chi connectivity index (χ1v) is 20.1. The van der Waals surface area contributed by atoms with Crippen LogP contribution in [0.3, 0.4) is 0 Å². The van der Waals surface area contributed by atoms with Gasteiger partial charge in [0, 0.05) is 11.8 Å². The second-order valence-corrected chi connectivity index (χ2v) is 23.4. The number of hydrogen-bond donors (Lipinski definition) is 2. The molecule has 1 saturated heterocycles. The van der Waals surface area contributed by atoms with Gasteiger partial charge in [-0.3, -0.25) is 4.79 Å². The number of amides is 1. The summed E-state index contributed by atoms with van der Waals surface area (Å²) in [6.07, 6.45) is 1.21. The lowest BCUT2D eigenvalue weighted by Crippen LogP contribution is -2.53. The van der Waals surface area contributed by atoms with Gasteiger partial charge in [0.2, 0.25) is 0 Å². The lowest BCUT2D eigenvalue weighted by atomic mass is 10.1. The predicted molar refractivity (Wildman–Crippen MR) is 167 cm³/mol. The van der Waals surface area contributed by atoms with Gasteiger partial charge >= 0.3 is 0 Å². The SMILES string of the molecule is CC(C)(C)[Si](C)(C)O[C@@H]1[C@H](O[Si](C)(C)C(C)(C)C)[C@@H](CO)O[C@H]1n1ccc2c(NC(=O)c3ccccc3)ncnc21. The number of carbonyl (C=O) groups is 1. The summed E-state index contributed by atoms with van der Waals surface area (Å²) in [5, 5.41) is 14.0. The van der Waals surface area contributed by atoms with E-state index in [1.165, 1.54) is 6.33 Å². The van der Waals surface area contributed by atoms with Gasteiger partial charge in [0.25, 0.3) is 5.91 Å². The third-order valence-electron chi connectivity index (χ3n) is 8.99. The highest BCUT2D eigenvalue weighted by Crippen LogP contribution is 2.46. The smallest absolute Gasteiger partial charge is 0.256 e. The number of hydrogen-bond acceptors (Lipinski definition) is 7. The van der Waals surface area contributed by atoms with E-state index in [2.05, 4.69) is 83.0 Å². The molecule has 41 heavy (non-hydrogen) atoms. The van der Waals surface area contributed by atoms with E-state index in [0.717, 1.165) is 0 Å². The molecule has 1 aliphatic heterocycles. The van der Waals surface area contributed by atoms with E-state index in [9.17, 15) is 9.90 Å². The molecular formula is C30H46N4O5Si2. The lowest BCUT2D eigenvalue weighted by molar-refractivity contribution is -0.0488. The number of ether oxygens (including phenoxy) is 1. The first kappa shape index (κ1) is 31.5. The molecule has 4 rings (SSSR count). The van der Waals surface area contributed by atoms with E-state index in [-0.39, 0.29) is 22.6 Å². The average molecular weight is 599 g/mol. The van der Waals surface area contributed by atoms with Crippen LogP contribution in [0.1, 0.15) is 58.1 Å². The van der Waals surface area contributed by atoms with Crippen LogP contribution < -0.4 is 5.32 Å². The van der Waals surface area contributed by atoms with Gasteiger partial charge in [-0.2, -0.15) is 0 Å². The van der Waals surface area contributed by atoms with Crippen LogP contribution in [0.15, 0.2) is 48.9 Å². The number of fused-ring (bicyclic) bond motifs is 1. The van der Waals surface area contributed by atoms with Crippen LogP contribution in [0.2, 0.25) is 36.3 Å². The summed E-state index contributed by atoms with van der Waals surface area (Å²) in [6, 6.07) is 10.9. The van der Waals surface area contributed by atoms with Crippen LogP contribution in [-0.2, 0) is 13.6 Å². The Morgan fingerprint density at radius 1 is 0.951 bits per heavy atom. The van der Waals surface area contributed by atoms with Crippen molar-refractivity contribution in [3.8, 4) is 0 Å². The first-order valence-electron chi connectivity index (χ1n) is 14.3.